The summed E-state index contributed by atoms with van der Waals surface area (Å²) >= 11 is 0. The molecule has 0 unspecified atom stereocenters. The molecule has 0 aromatic rings. The van der Waals surface area contributed by atoms with Gasteiger partial charge < -0.3 is 0 Å². The Bertz CT molecular complexity index is 8.00. The van der Waals surface area contributed by atoms with Crippen LogP contribution in [0.1, 0.15) is 0 Å². The van der Waals surface area contributed by atoms with E-state index in [4.69, 9.17) is 0 Å². The van der Waals surface area contributed by atoms with Gasteiger partial charge in [-0.05, 0) is 0 Å². The smallest absolute Gasteiger partial charge is 0 e. The standard InChI is InChI=1S/Ag.Bi.Pb.Sn. The third-order valence-electron chi connectivity index (χ3n) is 0. The molecule has 0 saturated heterocycles. The van der Waals surface area contributed by atoms with Crippen LogP contribution < -0.4 is 0 Å². The maximum atomic E-state index is 0. The summed E-state index contributed by atoms with van der Waals surface area (Å²) in [6, 6.07) is 0. The molecule has 0 fully saturated rings. The van der Waals surface area contributed by atoms with Gasteiger partial charge in [-0.3, -0.25) is 0 Å². The second-order valence-electron chi connectivity index (χ2n) is 0. The fraction of sp³-hybridized carbons (Fsp3) is 0. The Morgan fingerprint density at radius 2 is 1.00 bits per heavy atom. The van der Waals surface area contributed by atoms with Gasteiger partial charge in [-0.2, -0.15) is 0 Å². The van der Waals surface area contributed by atoms with Crippen molar-refractivity contribution in [1.82, 2.24) is 0 Å². The molecule has 0 bridgehead atoms. The molecule has 0 amide bonds. The van der Waals surface area contributed by atoms with E-state index in [-0.39, 0.29) is 99.8 Å². The SMILES string of the molecule is [Ag].[Bi].[Pb].[Sn]. The first kappa shape index (κ1) is 26.4. The van der Waals surface area contributed by atoms with Crippen LogP contribution in [0.4, 0.5) is 0 Å². The van der Waals surface area contributed by atoms with Crippen molar-refractivity contribution >= 4 is 77.4 Å². The van der Waals surface area contributed by atoms with Crippen LogP contribution in [0.5, 0.6) is 0 Å². The van der Waals surface area contributed by atoms with Crippen LogP contribution in [0.15, 0.2) is 0 Å². The summed E-state index contributed by atoms with van der Waals surface area (Å²) in [6.07, 6.45) is 0. The monoisotopic (exact) mass is 644 g/mol. The maximum Gasteiger partial charge on any atom is 0 e. The molecule has 0 N–H and O–H groups in total. The zero-order valence-electron chi connectivity index (χ0n) is 1.75. The Kier molecular flexibility index (Phi) is 107. The first-order valence-corrected chi connectivity index (χ1v) is 0. The summed E-state index contributed by atoms with van der Waals surface area (Å²) < 4.78 is 0. The van der Waals surface area contributed by atoms with Crippen LogP contribution in [-0.2, 0) is 22.4 Å². The Labute approximate surface area is 97.6 Å². The first-order valence-electron chi connectivity index (χ1n) is 0. The molecular weight excluding hydrogens is 643 g/mol. The Hall–Kier alpha value is 3.34. The van der Waals surface area contributed by atoms with Crippen LogP contribution in [0.25, 0.3) is 0 Å². The first-order chi connectivity index (χ1) is 0. The van der Waals surface area contributed by atoms with Crippen LogP contribution in [0.3, 0.4) is 0 Å². The minimum atomic E-state index is 0. The van der Waals surface area contributed by atoms with Gasteiger partial charge in [0.25, 0.3) is 0 Å². The maximum absolute atomic E-state index is 0. The van der Waals surface area contributed by atoms with Crippen molar-refractivity contribution in [3.8, 4) is 0 Å². The third kappa shape index (κ3) is 9.02. The quantitative estimate of drug-likeness (QED) is 0.294. The van der Waals surface area contributed by atoms with Crippen molar-refractivity contribution in [2.45, 2.75) is 0 Å². The van der Waals surface area contributed by atoms with Crippen LogP contribution in [-0.4, -0.2) is 77.4 Å². The average Bonchev–Trinajstić information content (AvgIpc) is 0. The summed E-state index contributed by atoms with van der Waals surface area (Å²) in [5.41, 5.74) is 0. The minimum Gasteiger partial charge on any atom is 0 e. The zero-order chi connectivity index (χ0) is 0. The van der Waals surface area contributed by atoms with Crippen molar-refractivity contribution < 1.29 is 22.4 Å². The molecule has 0 spiro atoms. The van der Waals surface area contributed by atoms with Gasteiger partial charge in [0.05, 0.1) is 0 Å². The summed E-state index contributed by atoms with van der Waals surface area (Å²) in [4.78, 5) is 0. The van der Waals surface area contributed by atoms with Crippen molar-refractivity contribution in [1.29, 1.82) is 0 Å². The third-order valence-corrected chi connectivity index (χ3v) is 0. The predicted molar refractivity (Wildman–Crippen MR) is 17.3 cm³/mol. The zero-order valence-corrected chi connectivity index (χ0v) is 13.4. The molecule has 0 aliphatic rings. The van der Waals surface area contributed by atoms with E-state index in [1.54, 1.807) is 0 Å². The number of hydrogen-bond donors (Lipinski definition) is 0. The molecule has 0 heterocycles. The van der Waals surface area contributed by atoms with Crippen molar-refractivity contribution in [2.24, 2.45) is 0 Å². The second-order valence-corrected chi connectivity index (χ2v) is 0. The molecular formula is AgBiPbSn. The summed E-state index contributed by atoms with van der Waals surface area (Å²) in [6.45, 7) is 0. The Balaban J connectivity index is 0. The topological polar surface area (TPSA) is 0 Å². The van der Waals surface area contributed by atoms with Gasteiger partial charge >= 0.3 is 0 Å². The van der Waals surface area contributed by atoms with Gasteiger partial charge in [-0.1, -0.05) is 0 Å². The van der Waals surface area contributed by atoms with E-state index in [9.17, 15) is 0 Å². The number of hydrogen-bond acceptors (Lipinski definition) is 0. The number of rotatable bonds is 0. The molecule has 0 aliphatic heterocycles. The van der Waals surface area contributed by atoms with Gasteiger partial charge in [0.15, 0.2) is 0 Å². The van der Waals surface area contributed by atoms with Gasteiger partial charge in [0.2, 0.25) is 0 Å². The van der Waals surface area contributed by atoms with Crippen molar-refractivity contribution in [3.05, 3.63) is 0 Å². The molecule has 0 nitrogen and oxygen atoms in total. The van der Waals surface area contributed by atoms with Gasteiger partial charge in [-0.15, -0.1) is 0 Å². The molecule has 4 heavy (non-hydrogen) atoms. The molecule has 0 aromatic heterocycles. The van der Waals surface area contributed by atoms with E-state index in [0.29, 0.717) is 0 Å². The Morgan fingerprint density at radius 1 is 1.00 bits per heavy atom. The van der Waals surface area contributed by atoms with Crippen LogP contribution >= 0.6 is 0 Å². The van der Waals surface area contributed by atoms with Gasteiger partial charge in [0, 0.05) is 99.8 Å². The van der Waals surface area contributed by atoms with E-state index < -0.39 is 0 Å². The van der Waals surface area contributed by atoms with E-state index >= 15 is 0 Å². The fourth-order valence-corrected chi connectivity index (χ4v) is 0. The molecule has 24 valence electrons. The van der Waals surface area contributed by atoms with Crippen molar-refractivity contribution in [3.63, 3.8) is 0 Å². The van der Waals surface area contributed by atoms with E-state index in [1.807, 2.05) is 0 Å². The summed E-state index contributed by atoms with van der Waals surface area (Å²) in [5, 5.41) is 0. The van der Waals surface area contributed by atoms with E-state index in [1.165, 1.54) is 0 Å². The van der Waals surface area contributed by atoms with E-state index in [0.717, 1.165) is 0 Å². The molecule has 4 heteroatoms. The molecule has 0 aromatic carbocycles. The van der Waals surface area contributed by atoms with Gasteiger partial charge in [-0.25, -0.2) is 0 Å². The normalized spacial score (nSPS) is 0. The molecule has 0 rings (SSSR count). The van der Waals surface area contributed by atoms with Crippen LogP contribution in [0.2, 0.25) is 0 Å². The van der Waals surface area contributed by atoms with E-state index in [2.05, 4.69) is 0 Å². The van der Waals surface area contributed by atoms with Crippen molar-refractivity contribution in [2.75, 3.05) is 0 Å². The van der Waals surface area contributed by atoms with Gasteiger partial charge in [0.1, 0.15) is 0 Å². The molecule has 0 aliphatic carbocycles. The molecule has 0 atom stereocenters. The summed E-state index contributed by atoms with van der Waals surface area (Å²) in [7, 11) is 0. The molecule has 12 radical (unpaired) electrons. The fourth-order valence-electron chi connectivity index (χ4n) is 0. The summed E-state index contributed by atoms with van der Waals surface area (Å²) in [5.74, 6) is 0. The second kappa shape index (κ2) is 16.2. The largest absolute Gasteiger partial charge is 0 e. The Morgan fingerprint density at radius 3 is 1.00 bits per heavy atom. The minimum absolute atomic E-state index is 0. The van der Waals surface area contributed by atoms with Crippen LogP contribution in [0, 0.1) is 0 Å². The predicted octanol–water partition coefficient (Wildman–Crippen LogP) is -1.14. The molecule has 0 saturated carbocycles. The average molecular weight is 643 g/mol.